The van der Waals surface area contributed by atoms with Gasteiger partial charge in [-0.05, 0) is 43.7 Å². The van der Waals surface area contributed by atoms with E-state index >= 15 is 0 Å². The third-order valence-corrected chi connectivity index (χ3v) is 3.74. The number of fused-ring (bicyclic) bond motifs is 1. The molecule has 0 radical (unpaired) electrons. The van der Waals surface area contributed by atoms with Gasteiger partial charge in [-0.2, -0.15) is 0 Å². The molecule has 2 aromatic carbocycles. The van der Waals surface area contributed by atoms with Gasteiger partial charge in [-0.3, -0.25) is 9.59 Å². The third kappa shape index (κ3) is 2.68. The Morgan fingerprint density at radius 3 is 2.67 bits per heavy atom. The van der Waals surface area contributed by atoms with Crippen molar-refractivity contribution in [3.05, 3.63) is 53.6 Å². The topological polar surface area (TPSA) is 67.4 Å². The maximum atomic E-state index is 13.7. The van der Waals surface area contributed by atoms with E-state index < -0.39 is 29.0 Å². The van der Waals surface area contributed by atoms with E-state index in [1.54, 1.807) is 18.2 Å². The number of rotatable bonds is 2. The first-order valence-corrected chi connectivity index (χ1v) is 7.17. The molecule has 124 valence electrons. The highest BCUT2D eigenvalue weighted by Crippen LogP contribution is 2.35. The predicted octanol–water partition coefficient (Wildman–Crippen LogP) is 3.00. The number of ether oxygens (including phenoxy) is 1. The van der Waals surface area contributed by atoms with Crippen LogP contribution in [0.25, 0.3) is 0 Å². The molecule has 0 saturated heterocycles. The van der Waals surface area contributed by atoms with Crippen LogP contribution in [0.3, 0.4) is 0 Å². The molecule has 0 aliphatic carbocycles. The van der Waals surface area contributed by atoms with Crippen molar-refractivity contribution < 1.29 is 23.1 Å². The Hall–Kier alpha value is -2.96. The zero-order valence-corrected chi connectivity index (χ0v) is 12.9. The molecule has 0 saturated carbocycles. The second-order valence-corrected chi connectivity index (χ2v) is 5.67. The first kappa shape index (κ1) is 15.9. The van der Waals surface area contributed by atoms with Gasteiger partial charge in [-0.1, -0.05) is 6.07 Å². The summed E-state index contributed by atoms with van der Waals surface area (Å²) in [5, 5.41) is 4.86. The fourth-order valence-corrected chi connectivity index (χ4v) is 2.32. The highest BCUT2D eigenvalue weighted by Gasteiger charge is 2.47. The Morgan fingerprint density at radius 2 is 1.96 bits per heavy atom. The normalized spacial score (nSPS) is 19.1. The van der Waals surface area contributed by atoms with Crippen LogP contribution in [0, 0.1) is 18.6 Å². The standard InChI is InChI=1S/C17H14F2N2O3/c1-9-3-6-14-13(7-9)21-16(23)17(2,24-14)15(22)20-12-5-4-10(18)8-11(12)19/h3-8H,1-2H3,(H,20,22)(H,21,23). The third-order valence-electron chi connectivity index (χ3n) is 3.74. The van der Waals surface area contributed by atoms with E-state index in [0.29, 0.717) is 17.5 Å². The smallest absolute Gasteiger partial charge is 0.278 e. The number of carbonyl (C=O) groups is 2. The van der Waals surface area contributed by atoms with Gasteiger partial charge in [0.1, 0.15) is 17.4 Å². The molecule has 1 heterocycles. The SMILES string of the molecule is Cc1ccc2c(c1)NC(=O)C(C)(C(=O)Nc1ccc(F)cc1F)O2. The van der Waals surface area contributed by atoms with E-state index in [1.165, 1.54) is 6.92 Å². The van der Waals surface area contributed by atoms with Gasteiger partial charge in [0.25, 0.3) is 17.4 Å². The fraction of sp³-hybridized carbons (Fsp3) is 0.176. The summed E-state index contributed by atoms with van der Waals surface area (Å²) in [6.07, 6.45) is 0. The number of benzene rings is 2. The van der Waals surface area contributed by atoms with Crippen molar-refractivity contribution in [1.29, 1.82) is 0 Å². The maximum absolute atomic E-state index is 13.7. The summed E-state index contributed by atoms with van der Waals surface area (Å²) < 4.78 is 32.2. The molecule has 1 atom stereocenters. The van der Waals surface area contributed by atoms with Gasteiger partial charge in [-0.25, -0.2) is 8.78 Å². The number of anilines is 2. The summed E-state index contributed by atoms with van der Waals surface area (Å²) in [5.74, 6) is -2.93. The van der Waals surface area contributed by atoms with E-state index in [1.807, 2.05) is 6.92 Å². The van der Waals surface area contributed by atoms with Gasteiger partial charge >= 0.3 is 0 Å². The van der Waals surface area contributed by atoms with E-state index in [4.69, 9.17) is 4.74 Å². The van der Waals surface area contributed by atoms with Crippen molar-refractivity contribution in [2.75, 3.05) is 10.6 Å². The molecule has 5 nitrogen and oxygen atoms in total. The van der Waals surface area contributed by atoms with Gasteiger partial charge in [-0.15, -0.1) is 0 Å². The molecular weight excluding hydrogens is 318 g/mol. The van der Waals surface area contributed by atoms with Gasteiger partial charge < -0.3 is 15.4 Å². The van der Waals surface area contributed by atoms with Gasteiger partial charge in [0, 0.05) is 6.07 Å². The molecule has 0 bridgehead atoms. The molecule has 0 aromatic heterocycles. The molecule has 1 aliphatic rings. The molecule has 7 heteroatoms. The Labute approximate surface area is 136 Å². The van der Waals surface area contributed by atoms with Crippen LogP contribution < -0.4 is 15.4 Å². The number of amides is 2. The van der Waals surface area contributed by atoms with Crippen molar-refractivity contribution in [2.45, 2.75) is 19.4 Å². The van der Waals surface area contributed by atoms with E-state index in [2.05, 4.69) is 10.6 Å². The molecule has 3 rings (SSSR count). The van der Waals surface area contributed by atoms with E-state index in [9.17, 15) is 18.4 Å². The van der Waals surface area contributed by atoms with Crippen LogP contribution in [0.15, 0.2) is 36.4 Å². The summed E-state index contributed by atoms with van der Waals surface area (Å²) in [4.78, 5) is 24.8. The van der Waals surface area contributed by atoms with Crippen molar-refractivity contribution in [3.63, 3.8) is 0 Å². The molecule has 2 amide bonds. The van der Waals surface area contributed by atoms with Gasteiger partial charge in [0.15, 0.2) is 0 Å². The first-order valence-electron chi connectivity index (χ1n) is 7.17. The van der Waals surface area contributed by atoms with Crippen molar-refractivity contribution >= 4 is 23.2 Å². The van der Waals surface area contributed by atoms with Crippen molar-refractivity contribution in [2.24, 2.45) is 0 Å². The number of nitrogens with one attached hydrogen (secondary N) is 2. The van der Waals surface area contributed by atoms with Crippen LogP contribution in [0.5, 0.6) is 5.75 Å². The highest BCUT2D eigenvalue weighted by molar-refractivity contribution is 6.19. The van der Waals surface area contributed by atoms with E-state index in [-0.39, 0.29) is 5.69 Å². The van der Waals surface area contributed by atoms with Crippen LogP contribution in [0.1, 0.15) is 12.5 Å². The number of hydrogen-bond donors (Lipinski definition) is 2. The predicted molar refractivity (Wildman–Crippen MR) is 83.8 cm³/mol. The second-order valence-electron chi connectivity index (χ2n) is 5.67. The Balaban J connectivity index is 1.88. The molecule has 2 N–H and O–H groups in total. The molecule has 0 spiro atoms. The van der Waals surface area contributed by atoms with Crippen molar-refractivity contribution in [3.8, 4) is 5.75 Å². The minimum Gasteiger partial charge on any atom is -0.466 e. The van der Waals surface area contributed by atoms with Crippen LogP contribution in [-0.2, 0) is 9.59 Å². The minimum absolute atomic E-state index is 0.242. The van der Waals surface area contributed by atoms with Crippen LogP contribution >= 0.6 is 0 Å². The maximum Gasteiger partial charge on any atom is 0.278 e. The van der Waals surface area contributed by atoms with Crippen LogP contribution in [0.2, 0.25) is 0 Å². The van der Waals surface area contributed by atoms with Crippen LogP contribution in [0.4, 0.5) is 20.2 Å². The van der Waals surface area contributed by atoms with Crippen molar-refractivity contribution in [1.82, 2.24) is 0 Å². The zero-order valence-electron chi connectivity index (χ0n) is 12.9. The average molecular weight is 332 g/mol. The number of halogens is 2. The summed E-state index contributed by atoms with van der Waals surface area (Å²) >= 11 is 0. The Kier molecular flexibility index (Phi) is 3.71. The monoisotopic (exact) mass is 332 g/mol. The van der Waals surface area contributed by atoms with Gasteiger partial charge in [0.05, 0.1) is 11.4 Å². The average Bonchev–Trinajstić information content (AvgIpc) is 2.51. The largest absolute Gasteiger partial charge is 0.466 e. The summed E-state index contributed by atoms with van der Waals surface area (Å²) in [5.41, 5.74) is -0.755. The quantitative estimate of drug-likeness (QED) is 0.831. The molecule has 1 unspecified atom stereocenters. The first-order chi connectivity index (χ1) is 11.3. The minimum atomic E-state index is -1.89. The van der Waals surface area contributed by atoms with Crippen LogP contribution in [-0.4, -0.2) is 17.4 Å². The van der Waals surface area contributed by atoms with E-state index in [0.717, 1.165) is 17.7 Å². The summed E-state index contributed by atoms with van der Waals surface area (Å²) in [6.45, 7) is 3.13. The number of hydrogen-bond acceptors (Lipinski definition) is 3. The number of carbonyl (C=O) groups excluding carboxylic acids is 2. The Morgan fingerprint density at radius 1 is 1.21 bits per heavy atom. The lowest BCUT2D eigenvalue weighted by Crippen LogP contribution is -2.56. The van der Waals surface area contributed by atoms with Gasteiger partial charge in [0.2, 0.25) is 0 Å². The lowest BCUT2D eigenvalue weighted by molar-refractivity contribution is -0.143. The zero-order chi connectivity index (χ0) is 17.5. The molecule has 1 aliphatic heterocycles. The fourth-order valence-electron chi connectivity index (χ4n) is 2.32. The lowest BCUT2D eigenvalue weighted by atomic mass is 10.0. The number of aryl methyl sites for hydroxylation is 1. The highest BCUT2D eigenvalue weighted by atomic mass is 19.1. The summed E-state index contributed by atoms with van der Waals surface area (Å²) in [6, 6.07) is 7.83. The second kappa shape index (κ2) is 5.59. The molecule has 0 fully saturated rings. The molecule has 2 aromatic rings. The summed E-state index contributed by atoms with van der Waals surface area (Å²) in [7, 11) is 0. The molecule has 24 heavy (non-hydrogen) atoms. The molecular formula is C17H14F2N2O3. The lowest BCUT2D eigenvalue weighted by Gasteiger charge is -2.33. The Bertz CT molecular complexity index is 854.